The molecule has 0 unspecified atom stereocenters. The fourth-order valence-corrected chi connectivity index (χ4v) is 3.10. The predicted molar refractivity (Wildman–Crippen MR) is 105 cm³/mol. The van der Waals surface area contributed by atoms with Crippen LogP contribution in [-0.4, -0.2) is 35.5 Å². The molecule has 0 bridgehead atoms. The van der Waals surface area contributed by atoms with Gasteiger partial charge in [-0.25, -0.2) is 0 Å². The van der Waals surface area contributed by atoms with Gasteiger partial charge in [0.25, 0.3) is 0 Å². The van der Waals surface area contributed by atoms with E-state index in [1.807, 2.05) is 31.2 Å². The largest absolute Gasteiger partial charge is 0.507 e. The second kappa shape index (κ2) is 8.27. The standard InChI is InChI=1S/C22H25NO4/c1-4-23(5-2)14-18-19(24)12-11-17-21(25)20(27-22(17)18)13-15-7-9-16(10-8-15)26-6-3/h7-13,24H,4-6,14H2,1-3H3/b20-13+. The molecule has 142 valence electrons. The van der Waals surface area contributed by atoms with Crippen LogP contribution in [0.2, 0.25) is 0 Å². The highest BCUT2D eigenvalue weighted by molar-refractivity contribution is 6.15. The van der Waals surface area contributed by atoms with Gasteiger partial charge in [-0.05, 0) is 55.9 Å². The Hall–Kier alpha value is -2.79. The lowest BCUT2D eigenvalue weighted by Gasteiger charge is -2.20. The summed E-state index contributed by atoms with van der Waals surface area (Å²) in [6.45, 7) is 8.90. The van der Waals surface area contributed by atoms with Crippen molar-refractivity contribution in [2.75, 3.05) is 19.7 Å². The number of phenols is 1. The summed E-state index contributed by atoms with van der Waals surface area (Å²) in [5.74, 6) is 1.49. The Balaban J connectivity index is 1.90. The number of Topliss-reactive ketones (excluding diaryl/α,β-unsaturated/α-hetero) is 1. The maximum atomic E-state index is 12.7. The van der Waals surface area contributed by atoms with Crippen molar-refractivity contribution in [1.29, 1.82) is 0 Å². The monoisotopic (exact) mass is 367 g/mol. The number of hydrogen-bond donors (Lipinski definition) is 1. The number of rotatable bonds is 7. The zero-order chi connectivity index (χ0) is 19.4. The minimum absolute atomic E-state index is 0.149. The smallest absolute Gasteiger partial charge is 0.231 e. The van der Waals surface area contributed by atoms with Gasteiger partial charge in [0.05, 0.1) is 17.7 Å². The van der Waals surface area contributed by atoms with E-state index in [1.54, 1.807) is 18.2 Å². The van der Waals surface area contributed by atoms with E-state index in [9.17, 15) is 9.90 Å². The summed E-state index contributed by atoms with van der Waals surface area (Å²) in [7, 11) is 0. The number of nitrogens with zero attached hydrogens (tertiary/aromatic N) is 1. The van der Waals surface area contributed by atoms with Gasteiger partial charge in [0.15, 0.2) is 5.76 Å². The predicted octanol–water partition coefficient (Wildman–Crippen LogP) is 4.25. The molecule has 1 aliphatic rings. The van der Waals surface area contributed by atoms with Crippen LogP contribution in [0.5, 0.6) is 17.2 Å². The number of fused-ring (bicyclic) bond motifs is 1. The zero-order valence-electron chi connectivity index (χ0n) is 16.0. The normalized spacial score (nSPS) is 14.5. The molecule has 0 saturated heterocycles. The van der Waals surface area contributed by atoms with Gasteiger partial charge in [-0.1, -0.05) is 26.0 Å². The summed E-state index contributed by atoms with van der Waals surface area (Å²) in [6.07, 6.45) is 1.72. The number of aromatic hydroxyl groups is 1. The van der Waals surface area contributed by atoms with Crippen LogP contribution in [0.25, 0.3) is 6.08 Å². The number of carbonyl (C=O) groups excluding carboxylic acids is 1. The molecule has 5 heteroatoms. The molecule has 1 N–H and O–H groups in total. The third-order valence-electron chi connectivity index (χ3n) is 4.68. The molecule has 0 spiro atoms. The minimum Gasteiger partial charge on any atom is -0.507 e. The van der Waals surface area contributed by atoms with Gasteiger partial charge in [-0.3, -0.25) is 9.69 Å². The molecule has 0 aromatic heterocycles. The number of benzene rings is 2. The Morgan fingerprint density at radius 3 is 2.41 bits per heavy atom. The van der Waals surface area contributed by atoms with Crippen LogP contribution < -0.4 is 9.47 Å². The van der Waals surface area contributed by atoms with E-state index in [-0.39, 0.29) is 17.3 Å². The van der Waals surface area contributed by atoms with Gasteiger partial charge in [0.1, 0.15) is 17.2 Å². The van der Waals surface area contributed by atoms with Crippen LogP contribution in [0.3, 0.4) is 0 Å². The molecule has 0 aliphatic carbocycles. The first-order valence-corrected chi connectivity index (χ1v) is 9.31. The second-order valence-corrected chi connectivity index (χ2v) is 6.34. The maximum Gasteiger partial charge on any atom is 0.231 e. The van der Waals surface area contributed by atoms with Crippen molar-refractivity contribution < 1.29 is 19.4 Å². The second-order valence-electron chi connectivity index (χ2n) is 6.34. The molecule has 2 aromatic carbocycles. The summed E-state index contributed by atoms with van der Waals surface area (Å²) < 4.78 is 11.3. The Bertz CT molecular complexity index is 851. The highest BCUT2D eigenvalue weighted by Gasteiger charge is 2.31. The molecule has 0 radical (unpaired) electrons. The number of hydrogen-bond acceptors (Lipinski definition) is 5. The van der Waals surface area contributed by atoms with Crippen LogP contribution in [0.15, 0.2) is 42.2 Å². The molecular formula is C22H25NO4. The first kappa shape index (κ1) is 19.0. The molecule has 3 rings (SSSR count). The summed E-state index contributed by atoms with van der Waals surface area (Å²) in [5, 5.41) is 10.3. The van der Waals surface area contributed by atoms with Crippen molar-refractivity contribution in [3.8, 4) is 17.2 Å². The number of ether oxygens (including phenoxy) is 2. The number of allylic oxidation sites excluding steroid dienone is 1. The molecule has 0 amide bonds. The Labute approximate surface area is 159 Å². The number of ketones is 1. The third-order valence-corrected chi connectivity index (χ3v) is 4.68. The van der Waals surface area contributed by atoms with E-state index < -0.39 is 0 Å². The lowest BCUT2D eigenvalue weighted by molar-refractivity contribution is 0.101. The van der Waals surface area contributed by atoms with Gasteiger partial charge in [-0.15, -0.1) is 0 Å². The van der Waals surface area contributed by atoms with E-state index in [4.69, 9.17) is 9.47 Å². The zero-order valence-corrected chi connectivity index (χ0v) is 16.0. The summed E-state index contributed by atoms with van der Waals surface area (Å²) in [6, 6.07) is 10.7. The number of phenolic OH excluding ortho intramolecular Hbond substituents is 1. The van der Waals surface area contributed by atoms with Crippen molar-refractivity contribution in [3.05, 3.63) is 58.8 Å². The van der Waals surface area contributed by atoms with Crippen molar-refractivity contribution >= 4 is 11.9 Å². The van der Waals surface area contributed by atoms with E-state index in [0.29, 0.717) is 30.0 Å². The lowest BCUT2D eigenvalue weighted by Crippen LogP contribution is -2.22. The summed E-state index contributed by atoms with van der Waals surface area (Å²) in [4.78, 5) is 14.9. The van der Waals surface area contributed by atoms with Crippen LogP contribution in [-0.2, 0) is 6.54 Å². The van der Waals surface area contributed by atoms with Crippen molar-refractivity contribution in [3.63, 3.8) is 0 Å². The topological polar surface area (TPSA) is 59.0 Å². The van der Waals surface area contributed by atoms with Gasteiger partial charge >= 0.3 is 0 Å². The Morgan fingerprint density at radius 2 is 1.78 bits per heavy atom. The first-order chi connectivity index (χ1) is 13.1. The van der Waals surface area contributed by atoms with Crippen LogP contribution >= 0.6 is 0 Å². The lowest BCUT2D eigenvalue weighted by atomic mass is 10.0. The molecule has 0 saturated carbocycles. The van der Waals surface area contributed by atoms with Gasteiger partial charge < -0.3 is 14.6 Å². The van der Waals surface area contributed by atoms with E-state index >= 15 is 0 Å². The molecule has 2 aromatic rings. The average molecular weight is 367 g/mol. The molecule has 5 nitrogen and oxygen atoms in total. The Kier molecular flexibility index (Phi) is 5.81. The summed E-state index contributed by atoms with van der Waals surface area (Å²) in [5.41, 5.74) is 2.00. The fourth-order valence-electron chi connectivity index (χ4n) is 3.10. The minimum atomic E-state index is -0.167. The van der Waals surface area contributed by atoms with Crippen LogP contribution in [0, 0.1) is 0 Å². The first-order valence-electron chi connectivity index (χ1n) is 9.31. The van der Waals surface area contributed by atoms with Crippen molar-refractivity contribution in [2.45, 2.75) is 27.3 Å². The molecule has 0 fully saturated rings. The number of carbonyl (C=O) groups is 1. The van der Waals surface area contributed by atoms with Gasteiger partial charge in [0, 0.05) is 6.54 Å². The van der Waals surface area contributed by atoms with Crippen LogP contribution in [0.4, 0.5) is 0 Å². The van der Waals surface area contributed by atoms with E-state index in [0.717, 1.165) is 24.4 Å². The molecular weight excluding hydrogens is 342 g/mol. The van der Waals surface area contributed by atoms with Crippen LogP contribution in [0.1, 0.15) is 42.3 Å². The Morgan fingerprint density at radius 1 is 1.07 bits per heavy atom. The molecule has 0 atom stereocenters. The highest BCUT2D eigenvalue weighted by atomic mass is 16.5. The van der Waals surface area contributed by atoms with Crippen molar-refractivity contribution in [1.82, 2.24) is 4.90 Å². The highest BCUT2D eigenvalue weighted by Crippen LogP contribution is 2.40. The molecule has 1 aliphatic heterocycles. The SMILES string of the molecule is CCOc1ccc(/C=C2/Oc3c(ccc(O)c3CN(CC)CC)C2=O)cc1. The molecule has 1 heterocycles. The maximum absolute atomic E-state index is 12.7. The fraction of sp³-hybridized carbons (Fsp3) is 0.318. The van der Waals surface area contributed by atoms with Gasteiger partial charge in [-0.2, -0.15) is 0 Å². The quantitative estimate of drug-likeness (QED) is 0.742. The molecule has 27 heavy (non-hydrogen) atoms. The van der Waals surface area contributed by atoms with Crippen molar-refractivity contribution in [2.24, 2.45) is 0 Å². The summed E-state index contributed by atoms with van der Waals surface area (Å²) >= 11 is 0. The third kappa shape index (κ3) is 3.98. The van der Waals surface area contributed by atoms with E-state index in [2.05, 4.69) is 18.7 Å². The van der Waals surface area contributed by atoms with E-state index in [1.165, 1.54) is 0 Å². The average Bonchev–Trinajstić information content (AvgIpc) is 2.99. The van der Waals surface area contributed by atoms with Gasteiger partial charge in [0.2, 0.25) is 5.78 Å².